The van der Waals surface area contributed by atoms with Crippen LogP contribution >= 0.6 is 0 Å². The van der Waals surface area contributed by atoms with Crippen LogP contribution in [0.3, 0.4) is 0 Å². The van der Waals surface area contributed by atoms with Gasteiger partial charge in [-0.05, 0) is 48.8 Å². The Hall–Kier alpha value is -3.59. The van der Waals surface area contributed by atoms with Gasteiger partial charge in [0, 0.05) is 54.4 Å². The van der Waals surface area contributed by atoms with Crippen LogP contribution in [0.1, 0.15) is 43.0 Å². The van der Waals surface area contributed by atoms with Gasteiger partial charge in [-0.1, -0.05) is 12.5 Å². The van der Waals surface area contributed by atoms with E-state index in [0.717, 1.165) is 39.1 Å². The molecule has 4 aromatic rings. The van der Waals surface area contributed by atoms with Crippen LogP contribution in [0.25, 0.3) is 21.9 Å². The van der Waals surface area contributed by atoms with Crippen molar-refractivity contribution in [3.63, 3.8) is 0 Å². The summed E-state index contributed by atoms with van der Waals surface area (Å²) in [7, 11) is 0. The summed E-state index contributed by atoms with van der Waals surface area (Å²) >= 11 is 0. The first-order valence-electron chi connectivity index (χ1n) is 12.4. The van der Waals surface area contributed by atoms with Gasteiger partial charge in [-0.15, -0.1) is 0 Å². The molecule has 178 valence electrons. The lowest BCUT2D eigenvalue weighted by Gasteiger charge is -2.28. The third kappa shape index (κ3) is 3.36. The van der Waals surface area contributed by atoms with Gasteiger partial charge >= 0.3 is 0 Å². The van der Waals surface area contributed by atoms with Gasteiger partial charge in [0.25, 0.3) is 0 Å². The topological polar surface area (TPSA) is 109 Å². The number of amides is 1. The maximum absolute atomic E-state index is 11.8. The zero-order chi connectivity index (χ0) is 23.5. The summed E-state index contributed by atoms with van der Waals surface area (Å²) in [6, 6.07) is 6.41. The molecule has 5 heterocycles. The summed E-state index contributed by atoms with van der Waals surface area (Å²) in [5.74, 6) is 2.51. The van der Waals surface area contributed by atoms with Crippen molar-refractivity contribution < 1.29 is 9.90 Å². The molecule has 0 radical (unpaired) electrons. The highest BCUT2D eigenvalue weighted by molar-refractivity contribution is 6.06. The Bertz CT molecular complexity index is 1470. The summed E-state index contributed by atoms with van der Waals surface area (Å²) in [6.45, 7) is 0.572. The lowest BCUT2D eigenvalue weighted by Crippen LogP contribution is -2.37. The van der Waals surface area contributed by atoms with Gasteiger partial charge in [-0.3, -0.25) is 9.78 Å². The fraction of sp³-hybridized carbons (Fsp3) is 0.423. The molecule has 2 bridgehead atoms. The van der Waals surface area contributed by atoms with Crippen LogP contribution in [0.15, 0.2) is 36.8 Å². The molecule has 1 aliphatic heterocycles. The van der Waals surface area contributed by atoms with E-state index in [1.807, 2.05) is 30.7 Å². The summed E-state index contributed by atoms with van der Waals surface area (Å²) in [5.41, 5.74) is 4.06. The number of carbonyl (C=O) groups is 1. The van der Waals surface area contributed by atoms with Gasteiger partial charge < -0.3 is 19.9 Å². The lowest BCUT2D eigenvalue weighted by atomic mass is 9.95. The van der Waals surface area contributed by atoms with E-state index in [1.165, 1.54) is 25.7 Å². The molecule has 9 nitrogen and oxygen atoms in total. The third-order valence-corrected chi connectivity index (χ3v) is 8.16. The largest absolute Gasteiger partial charge is 0.387 e. The van der Waals surface area contributed by atoms with Crippen molar-refractivity contribution in [2.75, 3.05) is 18.5 Å². The minimum atomic E-state index is -0.461. The van der Waals surface area contributed by atoms with Crippen molar-refractivity contribution in [2.45, 2.75) is 44.7 Å². The highest BCUT2D eigenvalue weighted by Crippen LogP contribution is 2.52. The molecule has 0 aromatic carbocycles. The number of anilines is 2. The number of pyridine rings is 2. The molecule has 2 aliphatic carbocycles. The SMILES string of the molecule is O=C(CO)N1CCc2nc(Nc3ncc4c5ccncc5n([C@@H]5C[C@H]6CC[C@@H]5C6)c4n3)ccc2C1. The molecule has 7 rings (SSSR count). The summed E-state index contributed by atoms with van der Waals surface area (Å²) < 4.78 is 2.42. The molecule has 0 spiro atoms. The average Bonchev–Trinajstić information content (AvgIpc) is 3.60. The number of fused-ring (bicyclic) bond motifs is 6. The molecular weight excluding hydrogens is 442 g/mol. The molecule has 2 fully saturated rings. The highest BCUT2D eigenvalue weighted by Gasteiger charge is 2.41. The minimum Gasteiger partial charge on any atom is -0.387 e. The van der Waals surface area contributed by atoms with Crippen LogP contribution in [0.5, 0.6) is 0 Å². The second-order valence-electron chi connectivity index (χ2n) is 10.1. The van der Waals surface area contributed by atoms with Gasteiger partial charge in [-0.25, -0.2) is 9.97 Å². The monoisotopic (exact) mass is 469 g/mol. The number of aliphatic hydroxyl groups excluding tert-OH is 1. The quantitative estimate of drug-likeness (QED) is 0.472. The molecule has 4 aromatic heterocycles. The number of carbonyl (C=O) groups excluding carboxylic acids is 1. The van der Waals surface area contributed by atoms with Gasteiger partial charge in [-0.2, -0.15) is 4.98 Å². The average molecular weight is 470 g/mol. The van der Waals surface area contributed by atoms with Crippen LogP contribution < -0.4 is 5.32 Å². The standard InChI is InChI=1S/C26H27N7O2/c34-14-24(35)32-8-6-20-17(13-32)3-4-23(29-20)30-26-28-11-19-18-5-7-27-12-22(18)33(25(19)31-26)21-10-15-1-2-16(21)9-15/h3-5,7,11-12,15-16,21,34H,1-2,6,8-10,13-14H2,(H,28,29,30,31)/t15-,16+,21+/m0/s1. The van der Waals surface area contributed by atoms with Crippen molar-refractivity contribution in [3.8, 4) is 0 Å². The predicted molar refractivity (Wildman–Crippen MR) is 131 cm³/mol. The maximum atomic E-state index is 11.8. The number of aromatic nitrogens is 5. The fourth-order valence-electron chi connectivity index (χ4n) is 6.50. The second-order valence-corrected chi connectivity index (χ2v) is 10.1. The molecule has 3 atom stereocenters. The van der Waals surface area contributed by atoms with Crippen LogP contribution in [-0.4, -0.2) is 53.6 Å². The predicted octanol–water partition coefficient (Wildman–Crippen LogP) is 3.36. The second kappa shape index (κ2) is 7.98. The summed E-state index contributed by atoms with van der Waals surface area (Å²) in [6.07, 6.45) is 11.6. The van der Waals surface area contributed by atoms with Crippen molar-refractivity contribution in [3.05, 3.63) is 48.0 Å². The van der Waals surface area contributed by atoms with E-state index in [2.05, 4.69) is 25.9 Å². The first-order valence-corrected chi connectivity index (χ1v) is 12.4. The normalized spacial score (nSPS) is 23.2. The third-order valence-electron chi connectivity index (χ3n) is 8.16. The smallest absolute Gasteiger partial charge is 0.248 e. The Morgan fingerprint density at radius 3 is 2.89 bits per heavy atom. The zero-order valence-corrected chi connectivity index (χ0v) is 19.4. The van der Waals surface area contributed by atoms with E-state index < -0.39 is 6.61 Å². The molecular formula is C26H27N7O2. The molecule has 0 saturated heterocycles. The number of nitrogens with one attached hydrogen (secondary N) is 1. The number of aliphatic hydroxyl groups is 1. The van der Waals surface area contributed by atoms with E-state index in [4.69, 9.17) is 15.1 Å². The molecule has 2 saturated carbocycles. The van der Waals surface area contributed by atoms with Crippen LogP contribution in [0, 0.1) is 11.8 Å². The Morgan fingerprint density at radius 2 is 2.06 bits per heavy atom. The van der Waals surface area contributed by atoms with E-state index in [1.54, 1.807) is 4.90 Å². The van der Waals surface area contributed by atoms with Gasteiger partial charge in [0.05, 0.1) is 11.7 Å². The Balaban J connectivity index is 1.23. The number of hydrogen-bond donors (Lipinski definition) is 2. The van der Waals surface area contributed by atoms with E-state index in [9.17, 15) is 4.79 Å². The Labute approximate surface area is 202 Å². The van der Waals surface area contributed by atoms with Crippen LogP contribution in [0.2, 0.25) is 0 Å². The van der Waals surface area contributed by atoms with E-state index in [0.29, 0.717) is 43.2 Å². The van der Waals surface area contributed by atoms with Crippen LogP contribution in [0.4, 0.5) is 11.8 Å². The molecule has 2 N–H and O–H groups in total. The zero-order valence-electron chi connectivity index (χ0n) is 19.4. The number of nitrogens with zero attached hydrogens (tertiary/aromatic N) is 6. The molecule has 9 heteroatoms. The van der Waals surface area contributed by atoms with E-state index >= 15 is 0 Å². The van der Waals surface area contributed by atoms with E-state index in [-0.39, 0.29) is 5.91 Å². The first kappa shape index (κ1) is 20.8. The number of hydrogen-bond acceptors (Lipinski definition) is 7. The van der Waals surface area contributed by atoms with Crippen LogP contribution in [-0.2, 0) is 17.8 Å². The van der Waals surface area contributed by atoms with Crippen molar-refractivity contribution in [2.24, 2.45) is 11.8 Å². The van der Waals surface area contributed by atoms with Gasteiger partial charge in [0.1, 0.15) is 18.1 Å². The molecule has 0 unspecified atom stereocenters. The molecule has 1 amide bonds. The summed E-state index contributed by atoms with van der Waals surface area (Å²) in [4.78, 5) is 32.3. The maximum Gasteiger partial charge on any atom is 0.248 e. The Kier molecular flexibility index (Phi) is 4.73. The first-order chi connectivity index (χ1) is 17.2. The van der Waals surface area contributed by atoms with Crippen molar-refractivity contribution >= 4 is 39.6 Å². The summed E-state index contributed by atoms with van der Waals surface area (Å²) in [5, 5.41) is 14.7. The highest BCUT2D eigenvalue weighted by atomic mass is 16.3. The minimum absolute atomic E-state index is 0.249. The molecule has 3 aliphatic rings. The van der Waals surface area contributed by atoms with Crippen molar-refractivity contribution in [1.29, 1.82) is 0 Å². The lowest BCUT2D eigenvalue weighted by molar-refractivity contribution is -0.135. The van der Waals surface area contributed by atoms with Crippen molar-refractivity contribution in [1.82, 2.24) is 29.4 Å². The Morgan fingerprint density at radius 1 is 1.11 bits per heavy atom. The molecule has 35 heavy (non-hydrogen) atoms. The fourth-order valence-corrected chi connectivity index (χ4v) is 6.50. The number of rotatable bonds is 4. The van der Waals surface area contributed by atoms with Gasteiger partial charge in [0.15, 0.2) is 0 Å². The van der Waals surface area contributed by atoms with Gasteiger partial charge in [0.2, 0.25) is 11.9 Å².